The van der Waals surface area contributed by atoms with Gasteiger partial charge in [0.05, 0.1) is 12.7 Å². The van der Waals surface area contributed by atoms with Crippen molar-refractivity contribution in [2.75, 3.05) is 13.7 Å². The minimum absolute atomic E-state index is 0.00273. The third kappa shape index (κ3) is 2.33. The predicted molar refractivity (Wildman–Crippen MR) is 55.7 cm³/mol. The number of hydrogen-bond donors (Lipinski definition) is 1. The number of nitrogens with two attached hydrogens (primary N) is 1. The van der Waals surface area contributed by atoms with Gasteiger partial charge in [-0.3, -0.25) is 4.79 Å². The Balaban J connectivity index is 3.24. The molecule has 0 heterocycles. The molecule has 15 heavy (non-hydrogen) atoms. The first-order chi connectivity index (χ1) is 7.11. The Morgan fingerprint density at radius 1 is 1.53 bits per heavy atom. The van der Waals surface area contributed by atoms with Gasteiger partial charge >= 0.3 is 0 Å². The molecule has 1 aromatic carbocycles. The van der Waals surface area contributed by atoms with E-state index in [4.69, 9.17) is 10.5 Å². The molecule has 0 fully saturated rings. The Bertz CT molecular complexity index is 377. The number of ether oxygens (including phenoxy) is 1. The van der Waals surface area contributed by atoms with Crippen molar-refractivity contribution in [2.45, 2.75) is 13.3 Å². The Kier molecular flexibility index (Phi) is 3.80. The molecule has 4 heteroatoms. The first-order valence-electron chi connectivity index (χ1n) is 4.68. The molecule has 0 atom stereocenters. The van der Waals surface area contributed by atoms with Crippen LogP contribution in [0.3, 0.4) is 0 Å². The average Bonchev–Trinajstić information content (AvgIpc) is 2.21. The number of carbonyl (C=O) groups is 1. The highest BCUT2D eigenvalue weighted by molar-refractivity contribution is 5.99. The zero-order valence-corrected chi connectivity index (χ0v) is 8.84. The van der Waals surface area contributed by atoms with Crippen LogP contribution in [0.25, 0.3) is 0 Å². The first kappa shape index (κ1) is 11.7. The van der Waals surface area contributed by atoms with Crippen LogP contribution in [0.5, 0.6) is 5.75 Å². The lowest BCUT2D eigenvalue weighted by Crippen LogP contribution is -2.11. The summed E-state index contributed by atoms with van der Waals surface area (Å²) in [6.07, 6.45) is 0.122. The molecule has 0 bridgehead atoms. The minimum atomic E-state index is -0.559. The normalized spacial score (nSPS) is 10.1. The fourth-order valence-electron chi connectivity index (χ4n) is 1.44. The fourth-order valence-corrected chi connectivity index (χ4v) is 1.44. The molecule has 1 rings (SSSR count). The molecule has 0 unspecified atom stereocenters. The molecule has 1 aromatic rings. The molecule has 0 aliphatic heterocycles. The van der Waals surface area contributed by atoms with Crippen LogP contribution in [0.2, 0.25) is 0 Å². The number of benzene rings is 1. The number of halogens is 1. The summed E-state index contributed by atoms with van der Waals surface area (Å²) in [5.74, 6) is -0.583. The van der Waals surface area contributed by atoms with E-state index in [0.717, 1.165) is 5.56 Å². The molecule has 0 aromatic heterocycles. The molecule has 82 valence electrons. The summed E-state index contributed by atoms with van der Waals surface area (Å²) >= 11 is 0. The number of ketones is 1. The Morgan fingerprint density at radius 2 is 2.20 bits per heavy atom. The lowest BCUT2D eigenvalue weighted by molar-refractivity contribution is 0.0978. The summed E-state index contributed by atoms with van der Waals surface area (Å²) < 4.78 is 18.5. The largest absolute Gasteiger partial charge is 0.496 e. The molecular formula is C11H14FNO2. The quantitative estimate of drug-likeness (QED) is 0.771. The molecule has 0 amide bonds. The molecule has 0 radical (unpaired) electrons. The van der Waals surface area contributed by atoms with E-state index < -0.39 is 5.82 Å². The molecule has 0 aliphatic carbocycles. The van der Waals surface area contributed by atoms with Gasteiger partial charge in [-0.15, -0.1) is 0 Å². The van der Waals surface area contributed by atoms with Crippen LogP contribution < -0.4 is 10.5 Å². The smallest absolute Gasteiger partial charge is 0.170 e. The zero-order valence-electron chi connectivity index (χ0n) is 8.84. The van der Waals surface area contributed by atoms with E-state index in [1.807, 2.05) is 0 Å². The molecule has 0 aliphatic rings. The third-order valence-corrected chi connectivity index (χ3v) is 2.16. The van der Waals surface area contributed by atoms with Gasteiger partial charge in [0.25, 0.3) is 0 Å². The van der Waals surface area contributed by atoms with Crippen molar-refractivity contribution in [1.82, 2.24) is 0 Å². The van der Waals surface area contributed by atoms with Crippen LogP contribution in [0.15, 0.2) is 12.1 Å². The first-order valence-corrected chi connectivity index (χ1v) is 4.68. The summed E-state index contributed by atoms with van der Waals surface area (Å²) in [4.78, 5) is 11.6. The lowest BCUT2D eigenvalue weighted by atomic mass is 10.0. The summed E-state index contributed by atoms with van der Waals surface area (Å²) in [5.41, 5.74) is 6.00. The van der Waals surface area contributed by atoms with Crippen LogP contribution in [0, 0.1) is 12.7 Å². The van der Waals surface area contributed by atoms with Crippen molar-refractivity contribution < 1.29 is 13.9 Å². The number of carbonyl (C=O) groups excluding carboxylic acids is 1. The summed E-state index contributed by atoms with van der Waals surface area (Å²) in [7, 11) is 1.42. The topological polar surface area (TPSA) is 52.3 Å². The van der Waals surface area contributed by atoms with Crippen molar-refractivity contribution in [2.24, 2.45) is 5.73 Å². The van der Waals surface area contributed by atoms with E-state index in [1.54, 1.807) is 13.0 Å². The van der Waals surface area contributed by atoms with Crippen LogP contribution >= 0.6 is 0 Å². The van der Waals surface area contributed by atoms with Gasteiger partial charge in [-0.05, 0) is 25.1 Å². The maximum absolute atomic E-state index is 13.4. The summed E-state index contributed by atoms with van der Waals surface area (Å²) in [6.45, 7) is 1.97. The highest BCUT2D eigenvalue weighted by atomic mass is 19.1. The van der Waals surface area contributed by atoms with Crippen molar-refractivity contribution in [3.63, 3.8) is 0 Å². The van der Waals surface area contributed by atoms with E-state index in [9.17, 15) is 9.18 Å². The zero-order chi connectivity index (χ0) is 11.4. The van der Waals surface area contributed by atoms with Crippen molar-refractivity contribution in [3.05, 3.63) is 29.1 Å². The Morgan fingerprint density at radius 3 is 2.73 bits per heavy atom. The maximum Gasteiger partial charge on any atom is 0.170 e. The van der Waals surface area contributed by atoms with Gasteiger partial charge in [0.2, 0.25) is 0 Å². The molecule has 3 nitrogen and oxygen atoms in total. The van der Waals surface area contributed by atoms with Crippen LogP contribution in [-0.2, 0) is 0 Å². The highest BCUT2D eigenvalue weighted by Crippen LogP contribution is 2.26. The number of Topliss-reactive ketones (excluding diaryl/α,β-unsaturated/α-hetero) is 1. The van der Waals surface area contributed by atoms with E-state index in [-0.39, 0.29) is 24.3 Å². The molecule has 0 spiro atoms. The van der Waals surface area contributed by atoms with Gasteiger partial charge in [0.1, 0.15) is 11.6 Å². The maximum atomic E-state index is 13.4. The third-order valence-electron chi connectivity index (χ3n) is 2.16. The van der Waals surface area contributed by atoms with Crippen LogP contribution in [-0.4, -0.2) is 19.4 Å². The second-order valence-corrected chi connectivity index (χ2v) is 3.23. The van der Waals surface area contributed by atoms with E-state index in [2.05, 4.69) is 0 Å². The Hall–Kier alpha value is -1.42. The second kappa shape index (κ2) is 4.89. The van der Waals surface area contributed by atoms with Gasteiger partial charge in [-0.2, -0.15) is 0 Å². The predicted octanol–water partition coefficient (Wildman–Crippen LogP) is 1.67. The fraction of sp³-hybridized carbons (Fsp3) is 0.364. The number of aryl methyl sites for hydroxylation is 1. The summed E-state index contributed by atoms with van der Waals surface area (Å²) in [5, 5.41) is 0. The van der Waals surface area contributed by atoms with Gasteiger partial charge in [-0.1, -0.05) is 6.07 Å². The van der Waals surface area contributed by atoms with Gasteiger partial charge < -0.3 is 10.5 Å². The van der Waals surface area contributed by atoms with Crippen molar-refractivity contribution in [3.8, 4) is 5.75 Å². The van der Waals surface area contributed by atoms with E-state index in [1.165, 1.54) is 13.2 Å². The molecule has 0 saturated heterocycles. The average molecular weight is 211 g/mol. The lowest BCUT2D eigenvalue weighted by Gasteiger charge is -2.10. The molecule has 0 saturated carbocycles. The van der Waals surface area contributed by atoms with Gasteiger partial charge in [0, 0.05) is 6.42 Å². The number of hydrogen-bond acceptors (Lipinski definition) is 3. The molecule has 2 N–H and O–H groups in total. The minimum Gasteiger partial charge on any atom is -0.496 e. The monoisotopic (exact) mass is 211 g/mol. The number of rotatable bonds is 4. The van der Waals surface area contributed by atoms with Gasteiger partial charge in [-0.25, -0.2) is 4.39 Å². The van der Waals surface area contributed by atoms with E-state index >= 15 is 0 Å². The number of methoxy groups -OCH3 is 1. The highest BCUT2D eigenvalue weighted by Gasteiger charge is 2.18. The molecular weight excluding hydrogens is 197 g/mol. The van der Waals surface area contributed by atoms with Gasteiger partial charge in [0.15, 0.2) is 5.78 Å². The second-order valence-electron chi connectivity index (χ2n) is 3.23. The Labute approximate surface area is 88.0 Å². The standard InChI is InChI=1S/C11H14FNO2/c1-7-3-4-8(12)10(11(7)15-2)9(14)5-6-13/h3-4H,5-6,13H2,1-2H3. The van der Waals surface area contributed by atoms with Crippen molar-refractivity contribution >= 4 is 5.78 Å². The van der Waals surface area contributed by atoms with Crippen LogP contribution in [0.1, 0.15) is 22.3 Å². The van der Waals surface area contributed by atoms with E-state index in [0.29, 0.717) is 5.75 Å². The SMILES string of the molecule is COc1c(C)ccc(F)c1C(=O)CCN. The van der Waals surface area contributed by atoms with Crippen molar-refractivity contribution in [1.29, 1.82) is 0 Å². The van der Waals surface area contributed by atoms with Crippen LogP contribution in [0.4, 0.5) is 4.39 Å². The summed E-state index contributed by atoms with van der Waals surface area (Å²) in [6, 6.07) is 2.84.